The van der Waals surface area contributed by atoms with Crippen molar-refractivity contribution in [3.05, 3.63) is 30.1 Å². The zero-order valence-electron chi connectivity index (χ0n) is 13.9. The predicted octanol–water partition coefficient (Wildman–Crippen LogP) is 1.03. The smallest absolute Gasteiger partial charge is 0.272 e. The van der Waals surface area contributed by atoms with E-state index in [4.69, 9.17) is 9.47 Å². The molecule has 1 amide bonds. The highest BCUT2D eigenvalue weighted by molar-refractivity contribution is 5.92. The summed E-state index contributed by atoms with van der Waals surface area (Å²) in [7, 11) is 0. The fourth-order valence-electron chi connectivity index (χ4n) is 3.23. The molecule has 1 aromatic heterocycles. The molecule has 1 atom stereocenters. The van der Waals surface area contributed by atoms with E-state index in [1.54, 1.807) is 12.3 Å². The molecule has 0 aromatic carbocycles. The number of carbonyl (C=O) groups is 1. The summed E-state index contributed by atoms with van der Waals surface area (Å²) >= 11 is 0. The molecule has 2 aliphatic rings. The first-order valence-corrected chi connectivity index (χ1v) is 8.26. The van der Waals surface area contributed by atoms with Gasteiger partial charge in [0.15, 0.2) is 0 Å². The van der Waals surface area contributed by atoms with Crippen LogP contribution < -0.4 is 0 Å². The van der Waals surface area contributed by atoms with E-state index in [-0.39, 0.29) is 5.91 Å². The van der Waals surface area contributed by atoms with Gasteiger partial charge in [-0.2, -0.15) is 0 Å². The number of hydrogen-bond acceptors (Lipinski definition) is 5. The lowest BCUT2D eigenvalue weighted by molar-refractivity contribution is -0.134. The first kappa shape index (κ1) is 16.4. The summed E-state index contributed by atoms with van der Waals surface area (Å²) in [6.07, 6.45) is 1.65. The van der Waals surface area contributed by atoms with Gasteiger partial charge in [0, 0.05) is 31.9 Å². The molecule has 2 fully saturated rings. The Hall–Kier alpha value is -1.50. The van der Waals surface area contributed by atoms with Gasteiger partial charge >= 0.3 is 0 Å². The SMILES string of the molecule is CC(C)N1CCOC[C@]2(CN(C(=O)c3ccccn3)CCO2)C1. The molecular formula is C17H25N3O3. The van der Waals surface area contributed by atoms with E-state index >= 15 is 0 Å². The van der Waals surface area contributed by atoms with E-state index in [9.17, 15) is 4.79 Å². The fraction of sp³-hybridized carbons (Fsp3) is 0.647. The first-order chi connectivity index (χ1) is 11.1. The van der Waals surface area contributed by atoms with Crippen molar-refractivity contribution in [1.29, 1.82) is 0 Å². The van der Waals surface area contributed by atoms with Gasteiger partial charge in [-0.25, -0.2) is 0 Å². The number of carbonyl (C=O) groups excluding carboxylic acids is 1. The van der Waals surface area contributed by atoms with Crippen molar-refractivity contribution in [1.82, 2.24) is 14.8 Å². The molecule has 2 aliphatic heterocycles. The van der Waals surface area contributed by atoms with Gasteiger partial charge in [-0.1, -0.05) is 6.07 Å². The molecule has 0 aliphatic carbocycles. The summed E-state index contributed by atoms with van der Waals surface area (Å²) in [5.41, 5.74) is 0.0449. The highest BCUT2D eigenvalue weighted by Crippen LogP contribution is 2.24. The van der Waals surface area contributed by atoms with Crippen LogP contribution >= 0.6 is 0 Å². The van der Waals surface area contributed by atoms with E-state index in [0.29, 0.717) is 44.6 Å². The summed E-state index contributed by atoms with van der Waals surface area (Å²) in [4.78, 5) is 21.1. The molecular weight excluding hydrogens is 294 g/mol. The molecule has 1 spiro atoms. The maximum atomic E-state index is 12.7. The van der Waals surface area contributed by atoms with Gasteiger partial charge in [0.1, 0.15) is 11.3 Å². The third-order valence-electron chi connectivity index (χ3n) is 4.53. The molecule has 3 rings (SSSR count). The molecule has 0 unspecified atom stereocenters. The Bertz CT molecular complexity index is 537. The van der Waals surface area contributed by atoms with Gasteiger partial charge in [-0.05, 0) is 26.0 Å². The van der Waals surface area contributed by atoms with Crippen LogP contribution in [0, 0.1) is 0 Å². The Morgan fingerprint density at radius 1 is 1.26 bits per heavy atom. The van der Waals surface area contributed by atoms with Crippen LogP contribution in [0.25, 0.3) is 0 Å². The van der Waals surface area contributed by atoms with Crippen LogP contribution in [0.3, 0.4) is 0 Å². The molecule has 23 heavy (non-hydrogen) atoms. The molecule has 3 heterocycles. The number of aromatic nitrogens is 1. The van der Waals surface area contributed by atoms with Crippen molar-refractivity contribution in [3.8, 4) is 0 Å². The third kappa shape index (κ3) is 3.71. The van der Waals surface area contributed by atoms with Gasteiger partial charge in [0.25, 0.3) is 5.91 Å². The van der Waals surface area contributed by atoms with Crippen molar-refractivity contribution < 1.29 is 14.3 Å². The average molecular weight is 319 g/mol. The maximum absolute atomic E-state index is 12.7. The van der Waals surface area contributed by atoms with Crippen LogP contribution in [-0.4, -0.2) is 78.3 Å². The monoisotopic (exact) mass is 319 g/mol. The average Bonchev–Trinajstić information content (AvgIpc) is 2.78. The van der Waals surface area contributed by atoms with Crippen LogP contribution in [0.15, 0.2) is 24.4 Å². The highest BCUT2D eigenvalue weighted by atomic mass is 16.5. The molecule has 0 N–H and O–H groups in total. The number of morpholine rings is 1. The molecule has 0 radical (unpaired) electrons. The van der Waals surface area contributed by atoms with E-state index < -0.39 is 5.60 Å². The van der Waals surface area contributed by atoms with Gasteiger partial charge in [0.2, 0.25) is 0 Å². The number of ether oxygens (including phenoxy) is 2. The molecule has 0 saturated carbocycles. The van der Waals surface area contributed by atoms with Gasteiger partial charge in [-0.15, -0.1) is 0 Å². The van der Waals surface area contributed by atoms with Crippen molar-refractivity contribution in [2.45, 2.75) is 25.5 Å². The molecule has 1 aromatic rings. The van der Waals surface area contributed by atoms with Gasteiger partial charge in [-0.3, -0.25) is 14.7 Å². The lowest BCUT2D eigenvalue weighted by Crippen LogP contribution is -2.60. The number of pyridine rings is 1. The Morgan fingerprint density at radius 3 is 2.87 bits per heavy atom. The Kier molecular flexibility index (Phi) is 4.94. The molecule has 6 nitrogen and oxygen atoms in total. The fourth-order valence-corrected chi connectivity index (χ4v) is 3.23. The summed E-state index contributed by atoms with van der Waals surface area (Å²) in [6, 6.07) is 5.84. The molecule has 126 valence electrons. The standard InChI is InChI=1S/C17H25N3O3/c1-14(2)19-7-9-22-13-17(11-19)12-20(8-10-23-17)16(21)15-5-3-4-6-18-15/h3-6,14H,7-13H2,1-2H3/t17-/m1/s1. The van der Waals surface area contributed by atoms with Gasteiger partial charge < -0.3 is 14.4 Å². The second-order valence-electron chi connectivity index (χ2n) is 6.59. The van der Waals surface area contributed by atoms with Crippen LogP contribution in [0.5, 0.6) is 0 Å². The summed E-state index contributed by atoms with van der Waals surface area (Å²) in [6.45, 7) is 8.96. The normalized spacial score (nSPS) is 26.5. The molecule has 2 saturated heterocycles. The highest BCUT2D eigenvalue weighted by Gasteiger charge is 2.42. The summed E-state index contributed by atoms with van der Waals surface area (Å²) in [5.74, 6) is -0.0337. The van der Waals surface area contributed by atoms with Gasteiger partial charge in [0.05, 0.1) is 26.4 Å². The molecule has 6 heteroatoms. The second kappa shape index (κ2) is 6.95. The predicted molar refractivity (Wildman–Crippen MR) is 86.4 cm³/mol. The number of amides is 1. The minimum absolute atomic E-state index is 0.0337. The quantitative estimate of drug-likeness (QED) is 0.815. The second-order valence-corrected chi connectivity index (χ2v) is 6.59. The zero-order valence-corrected chi connectivity index (χ0v) is 13.9. The number of hydrogen-bond donors (Lipinski definition) is 0. The zero-order chi connectivity index (χ0) is 16.3. The number of nitrogens with zero attached hydrogens (tertiary/aromatic N) is 3. The summed E-state index contributed by atoms with van der Waals surface area (Å²) < 4.78 is 11.9. The van der Waals surface area contributed by atoms with Crippen LogP contribution in [-0.2, 0) is 9.47 Å². The Balaban J connectivity index is 1.75. The molecule has 0 bridgehead atoms. The summed E-state index contributed by atoms with van der Waals surface area (Å²) in [5, 5.41) is 0. The van der Waals surface area contributed by atoms with Crippen molar-refractivity contribution in [2.24, 2.45) is 0 Å². The van der Waals surface area contributed by atoms with Crippen molar-refractivity contribution in [3.63, 3.8) is 0 Å². The van der Waals surface area contributed by atoms with E-state index in [1.165, 1.54) is 0 Å². The topological polar surface area (TPSA) is 54.9 Å². The van der Waals surface area contributed by atoms with Crippen LogP contribution in [0.4, 0.5) is 0 Å². The Labute approximate surface area is 137 Å². The largest absolute Gasteiger partial charge is 0.377 e. The minimum atomic E-state index is -0.441. The minimum Gasteiger partial charge on any atom is -0.377 e. The van der Waals surface area contributed by atoms with Crippen molar-refractivity contribution >= 4 is 5.91 Å². The van der Waals surface area contributed by atoms with Crippen molar-refractivity contribution in [2.75, 3.05) is 46.0 Å². The van der Waals surface area contributed by atoms with Crippen LogP contribution in [0.2, 0.25) is 0 Å². The number of rotatable bonds is 2. The lowest BCUT2D eigenvalue weighted by atomic mass is 10.0. The van der Waals surface area contributed by atoms with E-state index in [0.717, 1.165) is 13.1 Å². The first-order valence-electron chi connectivity index (χ1n) is 8.26. The van der Waals surface area contributed by atoms with E-state index in [1.807, 2.05) is 17.0 Å². The Morgan fingerprint density at radius 2 is 2.13 bits per heavy atom. The maximum Gasteiger partial charge on any atom is 0.272 e. The lowest BCUT2D eigenvalue weighted by Gasteiger charge is -2.44. The third-order valence-corrected chi connectivity index (χ3v) is 4.53. The van der Waals surface area contributed by atoms with E-state index in [2.05, 4.69) is 23.7 Å². The van der Waals surface area contributed by atoms with Crippen LogP contribution in [0.1, 0.15) is 24.3 Å².